The third-order valence-corrected chi connectivity index (χ3v) is 12.5. The Balaban J connectivity index is 1.25. The van der Waals surface area contributed by atoms with Gasteiger partial charge in [0.1, 0.15) is 0 Å². The molecule has 1 atom stereocenters. The number of hydrogen-bond donors (Lipinski definition) is 1. The van der Waals surface area contributed by atoms with Gasteiger partial charge in [-0.3, -0.25) is 9.63 Å². The molecule has 214 valence electrons. The van der Waals surface area contributed by atoms with Gasteiger partial charge in [0.2, 0.25) is 5.91 Å². The zero-order valence-corrected chi connectivity index (χ0v) is 24.8. The minimum atomic E-state index is -2.71. The van der Waals surface area contributed by atoms with E-state index in [1.807, 2.05) is 42.5 Å². The van der Waals surface area contributed by atoms with E-state index in [9.17, 15) is 9.59 Å². The van der Waals surface area contributed by atoms with Gasteiger partial charge >= 0.3 is 6.03 Å². The first kappa shape index (κ1) is 28.5. The van der Waals surface area contributed by atoms with Gasteiger partial charge < -0.3 is 14.6 Å². The summed E-state index contributed by atoms with van der Waals surface area (Å²) in [6.07, 6.45) is 5.56. The number of nitrogens with one attached hydrogen (secondary N) is 1. The predicted molar refractivity (Wildman–Crippen MR) is 162 cm³/mol. The summed E-state index contributed by atoms with van der Waals surface area (Å²) in [6, 6.07) is 22.1. The number of carbonyl (C=O) groups is 2. The van der Waals surface area contributed by atoms with Gasteiger partial charge in [-0.25, -0.2) is 9.48 Å². The van der Waals surface area contributed by atoms with Gasteiger partial charge in [0.15, 0.2) is 5.82 Å². The average Bonchev–Trinajstić information content (AvgIpc) is 3.51. The van der Waals surface area contributed by atoms with Crippen molar-refractivity contribution in [1.29, 1.82) is 0 Å². The number of hydroxylamine groups is 2. The minimum absolute atomic E-state index is 0.165. The van der Waals surface area contributed by atoms with Gasteiger partial charge in [-0.1, -0.05) is 87.5 Å². The normalized spacial score (nSPS) is 17.0. The lowest BCUT2D eigenvalue weighted by Crippen LogP contribution is -2.66. The number of aromatic nitrogens is 2. The number of benzene rings is 2. The second-order valence-corrected chi connectivity index (χ2v) is 15.6. The fraction of sp³-hybridized carbons (Fsp3) is 0.323. The third-order valence-electron chi connectivity index (χ3n) is 7.45. The predicted octanol–water partition coefficient (Wildman–Crippen LogP) is 3.87. The lowest BCUT2D eigenvalue weighted by atomic mass is 10.2. The lowest BCUT2D eigenvalue weighted by molar-refractivity contribution is -0.116. The molecule has 1 N–H and O–H groups in total. The van der Waals surface area contributed by atoms with Crippen LogP contribution in [0.3, 0.4) is 0 Å². The first-order chi connectivity index (χ1) is 19.7. The molecule has 1 fully saturated rings. The maximum atomic E-state index is 13.0. The highest BCUT2D eigenvalue weighted by Gasteiger charge is 2.50. The fourth-order valence-electron chi connectivity index (χ4n) is 5.63. The van der Waals surface area contributed by atoms with Crippen molar-refractivity contribution in [3.8, 4) is 0 Å². The number of rotatable bonds is 11. The Morgan fingerprint density at radius 3 is 2.37 bits per heavy atom. The van der Waals surface area contributed by atoms with Crippen molar-refractivity contribution in [3.63, 3.8) is 0 Å². The van der Waals surface area contributed by atoms with Crippen molar-refractivity contribution >= 4 is 42.1 Å². The van der Waals surface area contributed by atoms with Crippen LogP contribution in [-0.4, -0.2) is 72.3 Å². The summed E-state index contributed by atoms with van der Waals surface area (Å²) in [5, 5.41) is 11.0. The fourth-order valence-corrected chi connectivity index (χ4v) is 10.2. The highest BCUT2D eigenvalue weighted by atomic mass is 28.4. The van der Waals surface area contributed by atoms with Gasteiger partial charge in [-0.15, -0.1) is 6.58 Å². The molecule has 3 heterocycles. The summed E-state index contributed by atoms with van der Waals surface area (Å²) < 4.78 is 8.53. The number of nitrogens with zero attached hydrogens (tertiary/aromatic N) is 4. The van der Waals surface area contributed by atoms with Crippen LogP contribution in [0.1, 0.15) is 27.2 Å². The summed E-state index contributed by atoms with van der Waals surface area (Å²) in [6.45, 7) is 11.8. The van der Waals surface area contributed by atoms with E-state index < -0.39 is 8.32 Å². The van der Waals surface area contributed by atoms with Crippen LogP contribution in [-0.2, 0) is 14.1 Å². The summed E-state index contributed by atoms with van der Waals surface area (Å²) in [7, 11) is -2.71. The SMILES string of the molecule is C=CCON1C(=O)N2CC(n3ccc(NC(=O)CCO[Si](c4ccccc4)(c4ccccc4)C(C)(C)C)n3)=CC1C2. The number of fused-ring (bicyclic) bond motifs is 2. The molecule has 0 radical (unpaired) electrons. The van der Waals surface area contributed by atoms with E-state index >= 15 is 0 Å². The second-order valence-electron chi connectivity index (χ2n) is 11.3. The standard InChI is InChI=1S/C31H37N5O4Si/c1-5-19-39-36-25-21-24(22-34(23-25)30(36)38)35-18-16-28(33-35)32-29(37)17-20-40-41(31(2,3)4,26-12-8-6-9-13-26)27-14-10-7-11-15-27/h5-16,18,21,25H,1,17,19-20,22-23H2,2-4H3,(H,32,33,37). The lowest BCUT2D eigenvalue weighted by Gasteiger charge is -2.43. The first-order valence-electron chi connectivity index (χ1n) is 13.9. The van der Waals surface area contributed by atoms with Crippen LogP contribution >= 0.6 is 0 Å². The number of carbonyl (C=O) groups excluding carboxylic acids is 2. The van der Waals surface area contributed by atoms with Crippen LogP contribution in [0.2, 0.25) is 5.04 Å². The maximum Gasteiger partial charge on any atom is 0.345 e. The summed E-state index contributed by atoms with van der Waals surface area (Å²) in [5.74, 6) is 0.272. The molecule has 1 aromatic heterocycles. The Morgan fingerprint density at radius 1 is 1.10 bits per heavy atom. The molecule has 3 amide bonds. The molecule has 10 heteroatoms. The molecule has 2 bridgehead atoms. The van der Waals surface area contributed by atoms with Gasteiger partial charge in [0.05, 0.1) is 24.9 Å². The molecule has 2 aliphatic heterocycles. The van der Waals surface area contributed by atoms with Crippen LogP contribution in [0.5, 0.6) is 0 Å². The van der Waals surface area contributed by atoms with Gasteiger partial charge in [0, 0.05) is 31.8 Å². The van der Waals surface area contributed by atoms with Crippen LogP contribution in [0.15, 0.2) is 91.7 Å². The Hall–Kier alpha value is -3.99. The molecule has 3 aromatic rings. The quantitative estimate of drug-likeness (QED) is 0.279. The highest BCUT2D eigenvalue weighted by Crippen LogP contribution is 2.36. The summed E-state index contributed by atoms with van der Waals surface area (Å²) in [4.78, 5) is 32.8. The molecule has 0 aliphatic carbocycles. The zero-order valence-electron chi connectivity index (χ0n) is 23.8. The number of urea groups is 1. The van der Waals surface area contributed by atoms with Crippen LogP contribution in [0, 0.1) is 0 Å². The number of hydrogen-bond acceptors (Lipinski definition) is 5. The molecule has 0 spiro atoms. The van der Waals surface area contributed by atoms with E-state index in [0.717, 1.165) is 5.70 Å². The Bertz CT molecular complexity index is 1380. The summed E-state index contributed by atoms with van der Waals surface area (Å²) in [5.41, 5.74) is 0.842. The average molecular weight is 572 g/mol. The minimum Gasteiger partial charge on any atom is -0.407 e. The molecule has 5 rings (SSSR count). The monoisotopic (exact) mass is 571 g/mol. The van der Waals surface area contributed by atoms with E-state index in [-0.39, 0.29) is 42.7 Å². The Labute approximate surface area is 242 Å². The van der Waals surface area contributed by atoms with Gasteiger partial charge in [-0.05, 0) is 21.5 Å². The Kier molecular flexibility index (Phi) is 8.25. The largest absolute Gasteiger partial charge is 0.407 e. The van der Waals surface area contributed by atoms with Crippen molar-refractivity contribution in [2.75, 3.05) is 31.6 Å². The maximum absolute atomic E-state index is 13.0. The van der Waals surface area contributed by atoms with E-state index in [1.165, 1.54) is 15.4 Å². The molecule has 9 nitrogen and oxygen atoms in total. The first-order valence-corrected chi connectivity index (χ1v) is 15.8. The topological polar surface area (TPSA) is 88.9 Å². The second kappa shape index (κ2) is 11.9. The highest BCUT2D eigenvalue weighted by molar-refractivity contribution is 6.99. The third kappa shape index (κ3) is 5.76. The number of anilines is 1. The van der Waals surface area contributed by atoms with Crippen LogP contribution < -0.4 is 15.7 Å². The smallest absolute Gasteiger partial charge is 0.345 e. The van der Waals surface area contributed by atoms with Crippen molar-refractivity contribution in [1.82, 2.24) is 19.7 Å². The summed E-state index contributed by atoms with van der Waals surface area (Å²) >= 11 is 0. The molecular formula is C31H37N5O4Si. The van der Waals surface area contributed by atoms with Gasteiger partial charge in [-0.2, -0.15) is 10.2 Å². The molecule has 0 saturated carbocycles. The molecular weight excluding hydrogens is 534 g/mol. The number of amides is 3. The van der Waals surface area contributed by atoms with Crippen molar-refractivity contribution in [3.05, 3.63) is 91.7 Å². The van der Waals surface area contributed by atoms with Crippen molar-refractivity contribution < 1.29 is 18.9 Å². The van der Waals surface area contributed by atoms with Crippen molar-refractivity contribution in [2.45, 2.75) is 38.3 Å². The molecule has 2 aromatic carbocycles. The Morgan fingerprint density at radius 2 is 1.76 bits per heavy atom. The van der Waals surface area contributed by atoms with Gasteiger partial charge in [0.25, 0.3) is 8.32 Å². The van der Waals surface area contributed by atoms with E-state index in [4.69, 9.17) is 9.26 Å². The molecule has 1 saturated heterocycles. The molecule has 1 unspecified atom stereocenters. The van der Waals surface area contributed by atoms with E-state index in [0.29, 0.717) is 18.9 Å². The molecule has 41 heavy (non-hydrogen) atoms. The van der Waals surface area contributed by atoms with E-state index in [2.05, 4.69) is 62.0 Å². The molecule has 2 aliphatic rings. The van der Waals surface area contributed by atoms with Crippen molar-refractivity contribution in [2.24, 2.45) is 0 Å². The van der Waals surface area contributed by atoms with Crippen LogP contribution in [0.25, 0.3) is 5.70 Å². The zero-order chi connectivity index (χ0) is 29.0. The van der Waals surface area contributed by atoms with Crippen LogP contribution in [0.4, 0.5) is 10.6 Å². The van der Waals surface area contributed by atoms with E-state index in [1.54, 1.807) is 27.9 Å².